The third kappa shape index (κ3) is 19.2. The Balaban J connectivity index is 1.31. The summed E-state index contributed by atoms with van der Waals surface area (Å²) >= 11 is 17.0. The van der Waals surface area contributed by atoms with Crippen molar-refractivity contribution in [2.75, 3.05) is 60.6 Å². The molecule has 3 aliphatic heterocycles. The number of primary amides is 1. The first-order valence-electron chi connectivity index (χ1n) is 27.3. The van der Waals surface area contributed by atoms with E-state index in [4.69, 9.17) is 41.0 Å². The number of fused-ring (bicyclic) bond motifs is 5. The van der Waals surface area contributed by atoms with E-state index in [1.165, 1.54) is 44.4 Å². The number of nitrogens with zero attached hydrogens (tertiary/aromatic N) is 1. The lowest BCUT2D eigenvalue weighted by Gasteiger charge is -2.42. The largest absolute Gasteiger partial charge is 0.495 e. The van der Waals surface area contributed by atoms with E-state index in [0.29, 0.717) is 58.8 Å². The quantitative estimate of drug-likeness (QED) is 0.0301. The highest BCUT2D eigenvalue weighted by Gasteiger charge is 2.64. The van der Waals surface area contributed by atoms with E-state index in [1.807, 2.05) is 13.0 Å². The second kappa shape index (κ2) is 31.6. The van der Waals surface area contributed by atoms with Gasteiger partial charge in [-0.25, -0.2) is 14.4 Å². The summed E-state index contributed by atoms with van der Waals surface area (Å²) in [6, 6.07) is 5.08. The number of anilines is 3. The number of carbonyl (C=O) groups is 8. The van der Waals surface area contributed by atoms with Gasteiger partial charge in [-0.1, -0.05) is 94.5 Å². The number of alkyl halides is 2. The van der Waals surface area contributed by atoms with Gasteiger partial charge in [0.2, 0.25) is 29.5 Å². The van der Waals surface area contributed by atoms with Crippen LogP contribution in [0.15, 0.2) is 58.6 Å². The first-order valence-corrected chi connectivity index (χ1v) is 30.7. The van der Waals surface area contributed by atoms with E-state index in [0.717, 1.165) is 11.1 Å². The predicted octanol–water partition coefficient (Wildman–Crippen LogP) is 7.23. The lowest BCUT2D eigenvalue weighted by Crippen LogP contribution is -2.63. The maximum Gasteiger partial charge on any atom is 0.412 e. The number of carbonyl (C=O) groups excluding carboxylic acids is 8. The number of hydrogen-bond acceptors (Lipinski definition) is 14. The summed E-state index contributed by atoms with van der Waals surface area (Å²) in [5.74, 6) is -3.02. The van der Waals surface area contributed by atoms with Crippen molar-refractivity contribution >= 4 is 124 Å². The summed E-state index contributed by atoms with van der Waals surface area (Å²) in [7, 11) is 4.41. The average molecular weight is 1380 g/mol. The smallest absolute Gasteiger partial charge is 0.412 e. The van der Waals surface area contributed by atoms with Crippen molar-refractivity contribution in [1.82, 2.24) is 26.6 Å². The number of hydrogen-bond donors (Lipinski definition) is 9. The van der Waals surface area contributed by atoms with Gasteiger partial charge in [-0.3, -0.25) is 34.6 Å². The van der Waals surface area contributed by atoms with Crippen LogP contribution in [0.2, 0.25) is 5.02 Å². The highest BCUT2D eigenvalue weighted by molar-refractivity contribution is 9.10. The zero-order valence-corrected chi connectivity index (χ0v) is 53.3. The number of allylic oxidation sites excluding steroid dienone is 3. The molecular formula is C56H77Br3ClN9O14. The van der Waals surface area contributed by atoms with E-state index in [-0.39, 0.29) is 72.3 Å². The third-order valence-electron chi connectivity index (χ3n) is 14.7. The number of rotatable bonds is 23. The fraction of sp³-hybridized carbons (Fsp3) is 0.571. The Hall–Kier alpha value is -5.51. The molecule has 2 aromatic rings. The number of nitrogens with two attached hydrogens (primary N) is 1. The number of epoxide rings is 1. The number of methoxy groups -OCH3 is 2. The molecule has 4 bridgehead atoms. The minimum Gasteiger partial charge on any atom is -0.495 e. The molecule has 9 amide bonds. The monoisotopic (exact) mass is 1370 g/mol. The van der Waals surface area contributed by atoms with Crippen LogP contribution in [0.3, 0.4) is 0 Å². The van der Waals surface area contributed by atoms with Crippen LogP contribution in [0.1, 0.15) is 91.5 Å². The average Bonchev–Trinajstić information content (AvgIpc) is 2.29. The maximum atomic E-state index is 14.4. The number of halogens is 4. The molecule has 5 rings (SSSR count). The molecule has 83 heavy (non-hydrogen) atoms. The highest BCUT2D eigenvalue weighted by atomic mass is 79.9. The topological polar surface area (TPSA) is 320 Å². The van der Waals surface area contributed by atoms with Gasteiger partial charge < -0.3 is 66.0 Å². The van der Waals surface area contributed by atoms with Crippen molar-refractivity contribution in [3.63, 3.8) is 0 Å². The van der Waals surface area contributed by atoms with Gasteiger partial charge in [0.05, 0.1) is 36.9 Å². The van der Waals surface area contributed by atoms with Crippen molar-refractivity contribution in [1.29, 1.82) is 0 Å². The summed E-state index contributed by atoms with van der Waals surface area (Å²) in [5, 5.41) is 32.0. The molecule has 0 aliphatic carbocycles. The van der Waals surface area contributed by atoms with Crippen LogP contribution in [0.4, 0.5) is 31.4 Å². The zero-order chi connectivity index (χ0) is 61.3. The molecule has 0 saturated carbocycles. The van der Waals surface area contributed by atoms with Gasteiger partial charge in [-0.2, -0.15) is 0 Å². The molecule has 2 aromatic carbocycles. The summed E-state index contributed by atoms with van der Waals surface area (Å²) in [4.78, 5) is 107. The Bertz CT molecular complexity index is 2740. The van der Waals surface area contributed by atoms with Gasteiger partial charge in [-0.15, -0.1) is 0 Å². The second-order valence-corrected chi connectivity index (χ2v) is 23.9. The Labute approximate surface area is 514 Å². The van der Waals surface area contributed by atoms with Gasteiger partial charge in [-0.05, 0) is 104 Å². The normalized spacial score (nSPS) is 24.3. The summed E-state index contributed by atoms with van der Waals surface area (Å²) in [6.07, 6.45) is 1.53. The number of urea groups is 1. The number of amides is 9. The van der Waals surface area contributed by atoms with E-state index in [9.17, 15) is 43.5 Å². The molecule has 2 saturated heterocycles. The van der Waals surface area contributed by atoms with Gasteiger partial charge in [0.1, 0.15) is 46.8 Å². The first kappa shape index (κ1) is 68.3. The fourth-order valence-corrected chi connectivity index (χ4v) is 12.2. The van der Waals surface area contributed by atoms with Crippen LogP contribution < -0.4 is 52.6 Å². The molecular weight excluding hydrogens is 1300 g/mol. The molecule has 0 radical (unpaired) electrons. The van der Waals surface area contributed by atoms with E-state index < -0.39 is 96.1 Å². The predicted molar refractivity (Wildman–Crippen MR) is 324 cm³/mol. The minimum atomic E-state index is -1.90. The van der Waals surface area contributed by atoms with Crippen molar-refractivity contribution in [2.24, 2.45) is 23.5 Å². The number of aliphatic hydroxyl groups is 1. The number of ether oxygens (including phenoxy) is 5. The summed E-state index contributed by atoms with van der Waals surface area (Å²) in [5.41, 5.74) is 4.45. The molecule has 3 heterocycles. The number of unbranched alkanes of at least 4 members (excludes halogenated alkanes) is 2. The van der Waals surface area contributed by atoms with Crippen LogP contribution in [0, 0.1) is 17.8 Å². The Morgan fingerprint density at radius 1 is 0.964 bits per heavy atom. The lowest BCUT2D eigenvalue weighted by atomic mass is 9.83. The SMILES string of the molecule is COc1cc2cc(c1Cl)N(C)C(=O)C[C@H](OC(=O)Nc1ccc(NC(=O)[C@H](CCCNC(N)=O)NC(=O)[C@@H](NC(=O)CCCCCNC(=O)C(CBr)CBr)C(C)C)c(Br)c1)[C@]1(C)O[C@H]1[C@H](C)[C@@H]1C[C@@](O)(NC(=O)O1)[C@H](OC)/C=C/C=C(\C)C2. The van der Waals surface area contributed by atoms with Crippen LogP contribution in [0.5, 0.6) is 5.75 Å². The van der Waals surface area contributed by atoms with E-state index in [1.54, 1.807) is 52.0 Å². The first-order chi connectivity index (χ1) is 39.3. The molecule has 458 valence electrons. The summed E-state index contributed by atoms with van der Waals surface area (Å²) in [6.45, 7) is 9.41. The van der Waals surface area contributed by atoms with Crippen molar-refractivity contribution in [2.45, 2.75) is 140 Å². The van der Waals surface area contributed by atoms with Crippen LogP contribution in [0.25, 0.3) is 0 Å². The fourth-order valence-electron chi connectivity index (χ4n) is 9.75. The van der Waals surface area contributed by atoms with Gasteiger partial charge in [0, 0.05) is 66.8 Å². The standard InChI is InChI=1S/C56H77Br3ClN9O14/c1-30(2)47(67-44(70)17-10-9-11-20-62-49(72)34(28-57)29-58)51(74)66-38(15-13-21-63-52(61)75)50(73)65-37-19-18-35(25-36(37)59)64-53(76)82-43-26-45(71)69(6)39-23-33(24-40(79-7)46(39)60)22-31(3)14-12-16-42(80-8)56(78)27-41(81-54(77)68-56)32(4)48-55(43,5)83-48/h12,14,16,18-19,23-25,30,32,34,38,41-43,47-48,78H,9-11,13,15,17,20-22,26-29H2,1-8H3,(H,62,72)(H,64,76)(H,65,73)(H,66,74)(H,67,70)(H,68,77)(H3,61,63,75)/b16-12+,31-14+/t32-,38+,41+,42-,43+,47+,48+,55+,56+/m1/s1. The highest BCUT2D eigenvalue weighted by Crippen LogP contribution is 2.49. The van der Waals surface area contributed by atoms with Gasteiger partial charge in [0.25, 0.3) is 0 Å². The van der Waals surface area contributed by atoms with E-state index in [2.05, 4.69) is 85.0 Å². The molecule has 27 heteroatoms. The molecule has 23 nitrogen and oxygen atoms in total. The van der Waals surface area contributed by atoms with Crippen molar-refractivity contribution in [3.05, 3.63) is 69.2 Å². The molecule has 3 aliphatic rings. The molecule has 9 atom stereocenters. The zero-order valence-electron chi connectivity index (χ0n) is 47.8. The van der Waals surface area contributed by atoms with Crippen LogP contribution >= 0.6 is 59.4 Å². The Morgan fingerprint density at radius 3 is 2.33 bits per heavy atom. The number of nitrogens with one attached hydrogen (secondary N) is 7. The summed E-state index contributed by atoms with van der Waals surface area (Å²) < 4.78 is 29.7. The lowest BCUT2D eigenvalue weighted by molar-refractivity contribution is -0.142. The maximum absolute atomic E-state index is 14.4. The number of alkyl carbamates (subject to hydrolysis) is 1. The van der Waals surface area contributed by atoms with Crippen LogP contribution in [-0.2, 0) is 49.3 Å². The van der Waals surface area contributed by atoms with Crippen molar-refractivity contribution < 1.29 is 67.1 Å². The number of benzene rings is 2. The Kier molecular flexibility index (Phi) is 26.0. The molecule has 0 spiro atoms. The second-order valence-electron chi connectivity index (χ2n) is 21.4. The molecule has 10 N–H and O–H groups in total. The molecule has 2 fully saturated rings. The van der Waals surface area contributed by atoms with E-state index >= 15 is 0 Å². The molecule has 0 unspecified atom stereocenters. The van der Waals surface area contributed by atoms with Gasteiger partial charge >= 0.3 is 18.2 Å². The van der Waals surface area contributed by atoms with Gasteiger partial charge in [0.15, 0.2) is 5.72 Å². The Morgan fingerprint density at radius 2 is 1.67 bits per heavy atom. The minimum absolute atomic E-state index is 0.0615. The molecule has 0 aromatic heterocycles. The third-order valence-corrected chi connectivity index (χ3v) is 17.3. The van der Waals surface area contributed by atoms with Crippen LogP contribution in [-0.4, -0.2) is 146 Å². The van der Waals surface area contributed by atoms with Crippen molar-refractivity contribution in [3.8, 4) is 5.75 Å².